The van der Waals surface area contributed by atoms with E-state index < -0.39 is 23.4 Å². The first-order chi connectivity index (χ1) is 12.5. The highest BCUT2D eigenvalue weighted by Crippen LogP contribution is 2.37. The van der Waals surface area contributed by atoms with Crippen molar-refractivity contribution in [2.45, 2.75) is 38.2 Å². The van der Waals surface area contributed by atoms with Gasteiger partial charge in [-0.15, -0.1) is 0 Å². The van der Waals surface area contributed by atoms with Crippen LogP contribution >= 0.6 is 0 Å². The summed E-state index contributed by atoms with van der Waals surface area (Å²) in [4.78, 5) is 40.1. The minimum atomic E-state index is -1.33. The molecule has 1 heterocycles. The van der Waals surface area contributed by atoms with Crippen LogP contribution in [0, 0.1) is 11.7 Å². The monoisotopic (exact) mass is 355 g/mol. The number of fused-ring (bicyclic) bond motifs is 1. The smallest absolute Gasteiger partial charge is 0.344 e. The van der Waals surface area contributed by atoms with Crippen LogP contribution in [0.15, 0.2) is 35.1 Å². The predicted octanol–water partition coefficient (Wildman–Crippen LogP) is 2.88. The SMILES string of the molecule is O=C(OC(C(=O)C1CC1)c1ccccc1F)c1cc2c([nH]c1=O)CCC2. The number of pyridine rings is 1. The zero-order chi connectivity index (χ0) is 18.3. The van der Waals surface area contributed by atoms with Gasteiger partial charge in [0.05, 0.1) is 0 Å². The van der Waals surface area contributed by atoms with E-state index in [4.69, 9.17) is 4.74 Å². The molecule has 0 saturated heterocycles. The molecule has 1 saturated carbocycles. The van der Waals surface area contributed by atoms with Crippen LogP contribution in [0.2, 0.25) is 0 Å². The van der Waals surface area contributed by atoms with E-state index in [1.165, 1.54) is 24.3 Å². The molecule has 0 aliphatic heterocycles. The number of esters is 1. The number of ether oxygens (including phenoxy) is 1. The zero-order valence-electron chi connectivity index (χ0n) is 14.1. The lowest BCUT2D eigenvalue weighted by molar-refractivity contribution is -0.129. The van der Waals surface area contributed by atoms with E-state index in [1.807, 2.05) is 0 Å². The van der Waals surface area contributed by atoms with Gasteiger partial charge in [-0.1, -0.05) is 18.2 Å². The molecule has 1 aromatic heterocycles. The van der Waals surface area contributed by atoms with E-state index in [0.29, 0.717) is 12.8 Å². The van der Waals surface area contributed by atoms with Crippen LogP contribution in [0.4, 0.5) is 4.39 Å². The lowest BCUT2D eigenvalue weighted by Gasteiger charge is -2.18. The van der Waals surface area contributed by atoms with Crippen molar-refractivity contribution in [3.05, 3.63) is 68.9 Å². The summed E-state index contributed by atoms with van der Waals surface area (Å²) in [5.41, 5.74) is 1.09. The molecular weight excluding hydrogens is 337 g/mol. The molecule has 2 aliphatic carbocycles. The predicted molar refractivity (Wildman–Crippen MR) is 91.4 cm³/mol. The average molecular weight is 355 g/mol. The molecule has 6 heteroatoms. The Morgan fingerprint density at radius 3 is 2.69 bits per heavy atom. The van der Waals surface area contributed by atoms with Gasteiger partial charge in [-0.25, -0.2) is 9.18 Å². The largest absolute Gasteiger partial charge is 0.446 e. The van der Waals surface area contributed by atoms with Crippen LogP contribution in [0.3, 0.4) is 0 Å². The Morgan fingerprint density at radius 1 is 1.19 bits per heavy atom. The molecule has 2 aliphatic rings. The Kier molecular flexibility index (Phi) is 4.18. The van der Waals surface area contributed by atoms with Crippen molar-refractivity contribution < 1.29 is 18.7 Å². The molecule has 134 valence electrons. The third-order valence-electron chi connectivity index (χ3n) is 4.96. The van der Waals surface area contributed by atoms with Crippen molar-refractivity contribution in [2.75, 3.05) is 0 Å². The first-order valence-corrected chi connectivity index (χ1v) is 8.79. The molecular formula is C20H18FNO4. The van der Waals surface area contributed by atoms with Crippen LogP contribution < -0.4 is 5.56 Å². The zero-order valence-corrected chi connectivity index (χ0v) is 14.1. The number of carbonyl (C=O) groups excluding carboxylic acids is 2. The number of aromatic nitrogens is 1. The maximum absolute atomic E-state index is 14.2. The van der Waals surface area contributed by atoms with E-state index in [-0.39, 0.29) is 22.8 Å². The normalized spacial score (nSPS) is 16.8. The molecule has 2 aromatic rings. The third-order valence-corrected chi connectivity index (χ3v) is 4.96. The van der Waals surface area contributed by atoms with Gasteiger partial charge in [0.2, 0.25) is 0 Å². The second kappa shape index (κ2) is 6.52. The van der Waals surface area contributed by atoms with Crippen LogP contribution in [0.5, 0.6) is 0 Å². The first-order valence-electron chi connectivity index (χ1n) is 8.79. The van der Waals surface area contributed by atoms with Gasteiger partial charge in [0, 0.05) is 17.2 Å². The number of carbonyl (C=O) groups is 2. The van der Waals surface area contributed by atoms with Crippen molar-refractivity contribution in [2.24, 2.45) is 5.92 Å². The summed E-state index contributed by atoms with van der Waals surface area (Å²) in [5, 5.41) is 0. The molecule has 0 amide bonds. The van der Waals surface area contributed by atoms with Gasteiger partial charge >= 0.3 is 5.97 Å². The Bertz CT molecular complexity index is 945. The fourth-order valence-electron chi connectivity index (χ4n) is 3.38. The van der Waals surface area contributed by atoms with Crippen molar-refractivity contribution in [1.82, 2.24) is 4.98 Å². The quantitative estimate of drug-likeness (QED) is 0.837. The number of aromatic amines is 1. The fraction of sp³-hybridized carbons (Fsp3) is 0.350. The number of Topliss-reactive ketones (excluding diaryl/α,β-unsaturated/α-hetero) is 1. The van der Waals surface area contributed by atoms with Crippen molar-refractivity contribution in [3.8, 4) is 0 Å². The summed E-state index contributed by atoms with van der Waals surface area (Å²) in [6.07, 6.45) is 2.56. The number of halogens is 1. The van der Waals surface area contributed by atoms with Gasteiger partial charge in [-0.2, -0.15) is 0 Å². The molecule has 1 aromatic carbocycles. The number of aryl methyl sites for hydroxylation is 2. The van der Waals surface area contributed by atoms with E-state index >= 15 is 0 Å². The number of hydrogen-bond donors (Lipinski definition) is 1. The molecule has 1 unspecified atom stereocenters. The van der Waals surface area contributed by atoms with E-state index in [0.717, 1.165) is 30.5 Å². The summed E-state index contributed by atoms with van der Waals surface area (Å²) < 4.78 is 19.5. The molecule has 4 rings (SSSR count). The van der Waals surface area contributed by atoms with E-state index in [2.05, 4.69) is 4.98 Å². The lowest BCUT2D eigenvalue weighted by atomic mass is 10.0. The standard InChI is InChI=1S/C20H18FNO4/c21-15-6-2-1-5-13(15)18(17(23)11-8-9-11)26-20(25)14-10-12-4-3-7-16(12)22-19(14)24/h1-2,5-6,10-11,18H,3-4,7-9H2,(H,22,24). The average Bonchev–Trinajstić information content (AvgIpc) is 3.38. The van der Waals surface area contributed by atoms with Gasteiger partial charge < -0.3 is 9.72 Å². The summed E-state index contributed by atoms with van der Waals surface area (Å²) >= 11 is 0. The summed E-state index contributed by atoms with van der Waals surface area (Å²) in [6, 6.07) is 7.27. The van der Waals surface area contributed by atoms with Gasteiger partial charge in [0.25, 0.3) is 5.56 Å². The number of ketones is 1. The van der Waals surface area contributed by atoms with Crippen molar-refractivity contribution in [1.29, 1.82) is 0 Å². The molecule has 0 bridgehead atoms. The van der Waals surface area contributed by atoms with Gasteiger partial charge in [-0.05, 0) is 49.8 Å². The highest BCUT2D eigenvalue weighted by atomic mass is 19.1. The fourth-order valence-corrected chi connectivity index (χ4v) is 3.38. The van der Waals surface area contributed by atoms with Crippen LogP contribution in [0.25, 0.3) is 0 Å². The summed E-state index contributed by atoms with van der Waals surface area (Å²) in [6.45, 7) is 0. The minimum Gasteiger partial charge on any atom is -0.446 e. The molecule has 0 spiro atoms. The van der Waals surface area contributed by atoms with Crippen molar-refractivity contribution >= 4 is 11.8 Å². The van der Waals surface area contributed by atoms with Gasteiger partial charge in [-0.3, -0.25) is 9.59 Å². The van der Waals surface area contributed by atoms with E-state index in [9.17, 15) is 18.8 Å². The molecule has 5 nitrogen and oxygen atoms in total. The number of nitrogens with one attached hydrogen (secondary N) is 1. The highest BCUT2D eigenvalue weighted by molar-refractivity contribution is 5.94. The second-order valence-corrected chi connectivity index (χ2v) is 6.85. The number of hydrogen-bond acceptors (Lipinski definition) is 4. The number of benzene rings is 1. The minimum absolute atomic E-state index is 0.0235. The maximum atomic E-state index is 14.2. The summed E-state index contributed by atoms with van der Waals surface area (Å²) in [5.74, 6) is -2.04. The van der Waals surface area contributed by atoms with Crippen molar-refractivity contribution in [3.63, 3.8) is 0 Å². The Labute approximate surface area is 149 Å². The number of rotatable bonds is 5. The van der Waals surface area contributed by atoms with Crippen LogP contribution in [-0.2, 0) is 22.4 Å². The highest BCUT2D eigenvalue weighted by Gasteiger charge is 2.39. The Hall–Kier alpha value is -2.76. The molecule has 0 radical (unpaired) electrons. The third kappa shape index (κ3) is 3.07. The number of H-pyrrole nitrogens is 1. The molecule has 1 fully saturated rings. The molecule has 1 atom stereocenters. The van der Waals surface area contributed by atoms with Gasteiger partial charge in [0.15, 0.2) is 11.9 Å². The van der Waals surface area contributed by atoms with Crippen LogP contribution in [-0.4, -0.2) is 16.7 Å². The summed E-state index contributed by atoms with van der Waals surface area (Å²) in [7, 11) is 0. The maximum Gasteiger partial charge on any atom is 0.344 e. The topological polar surface area (TPSA) is 76.2 Å². The van der Waals surface area contributed by atoms with Gasteiger partial charge in [0.1, 0.15) is 11.4 Å². The first kappa shape index (κ1) is 16.7. The Morgan fingerprint density at radius 2 is 1.96 bits per heavy atom. The Balaban J connectivity index is 1.66. The van der Waals surface area contributed by atoms with E-state index in [1.54, 1.807) is 6.07 Å². The molecule has 1 N–H and O–H groups in total. The molecule has 26 heavy (non-hydrogen) atoms. The van der Waals surface area contributed by atoms with Crippen LogP contribution in [0.1, 0.15) is 52.5 Å². The lowest BCUT2D eigenvalue weighted by Crippen LogP contribution is -2.26. The second-order valence-electron chi connectivity index (χ2n) is 6.85.